The summed E-state index contributed by atoms with van der Waals surface area (Å²) in [5.74, 6) is 0.618. The lowest BCUT2D eigenvalue weighted by Crippen LogP contribution is -2.46. The predicted octanol–water partition coefficient (Wildman–Crippen LogP) is 2.12. The van der Waals surface area contributed by atoms with Crippen LogP contribution in [0.15, 0.2) is 30.3 Å². The van der Waals surface area contributed by atoms with E-state index < -0.39 is 10.0 Å². The molecule has 28 heavy (non-hydrogen) atoms. The van der Waals surface area contributed by atoms with E-state index in [0.717, 1.165) is 58.2 Å². The van der Waals surface area contributed by atoms with Crippen molar-refractivity contribution in [3.63, 3.8) is 0 Å². The first-order valence-electron chi connectivity index (χ1n) is 10.4. The number of hydrogen-bond acceptors (Lipinski definition) is 4. The van der Waals surface area contributed by atoms with Crippen molar-refractivity contribution in [1.29, 1.82) is 0 Å². The number of amides is 1. The van der Waals surface area contributed by atoms with Gasteiger partial charge < -0.3 is 5.32 Å². The molecule has 1 aliphatic heterocycles. The van der Waals surface area contributed by atoms with Crippen molar-refractivity contribution in [3.8, 4) is 0 Å². The minimum absolute atomic E-state index is 0.0804. The minimum Gasteiger partial charge on any atom is -0.353 e. The van der Waals surface area contributed by atoms with Gasteiger partial charge in [-0.3, -0.25) is 9.69 Å². The highest BCUT2D eigenvalue weighted by atomic mass is 32.2. The molecule has 0 radical (unpaired) electrons. The zero-order valence-corrected chi connectivity index (χ0v) is 17.6. The third-order valence-corrected chi connectivity index (χ3v) is 6.73. The maximum Gasteiger partial charge on any atom is 0.223 e. The average molecular weight is 408 g/mol. The van der Waals surface area contributed by atoms with Gasteiger partial charge in [-0.2, -0.15) is 0 Å². The van der Waals surface area contributed by atoms with Gasteiger partial charge in [0.2, 0.25) is 15.9 Å². The molecule has 0 unspecified atom stereocenters. The molecule has 7 heteroatoms. The van der Waals surface area contributed by atoms with E-state index >= 15 is 0 Å². The van der Waals surface area contributed by atoms with Gasteiger partial charge in [0.1, 0.15) is 0 Å². The summed E-state index contributed by atoms with van der Waals surface area (Å²) in [6, 6.07) is 10.8. The van der Waals surface area contributed by atoms with Crippen molar-refractivity contribution < 1.29 is 13.2 Å². The number of sulfonamides is 1. The van der Waals surface area contributed by atoms with Crippen molar-refractivity contribution in [1.82, 2.24) is 14.9 Å². The summed E-state index contributed by atoms with van der Waals surface area (Å²) in [5, 5.41) is 3.27. The van der Waals surface area contributed by atoms with Gasteiger partial charge >= 0.3 is 0 Å². The van der Waals surface area contributed by atoms with E-state index in [4.69, 9.17) is 0 Å². The molecule has 0 spiro atoms. The summed E-state index contributed by atoms with van der Waals surface area (Å²) in [4.78, 5) is 15.1. The van der Waals surface area contributed by atoms with Crippen LogP contribution in [0.1, 0.15) is 44.1 Å². The number of piperidine rings is 1. The molecule has 1 saturated heterocycles. The highest BCUT2D eigenvalue weighted by Crippen LogP contribution is 2.29. The molecule has 1 heterocycles. The van der Waals surface area contributed by atoms with Crippen molar-refractivity contribution in [2.45, 2.75) is 51.1 Å². The summed E-state index contributed by atoms with van der Waals surface area (Å²) in [6.45, 7) is 3.51. The molecule has 6 nitrogen and oxygen atoms in total. The zero-order chi connectivity index (χ0) is 20.0. The van der Waals surface area contributed by atoms with E-state index in [-0.39, 0.29) is 17.9 Å². The monoisotopic (exact) mass is 407 g/mol. The Morgan fingerprint density at radius 1 is 1.04 bits per heavy atom. The lowest BCUT2D eigenvalue weighted by atomic mass is 9.81. The first-order valence-corrected chi connectivity index (χ1v) is 12.3. The first kappa shape index (κ1) is 21.3. The summed E-state index contributed by atoms with van der Waals surface area (Å²) < 4.78 is 25.0. The van der Waals surface area contributed by atoms with Crippen molar-refractivity contribution in [2.75, 3.05) is 25.9 Å². The standard InChI is InChI=1S/C21H33N3O3S/c1-28(26,27)22-15-17-7-9-19(10-8-17)21(25)23-20-11-13-24(14-12-20)16-18-5-3-2-4-6-18/h2-6,17,19-20,22H,7-16H2,1H3,(H,23,25). The van der Waals surface area contributed by atoms with Crippen LogP contribution in [-0.2, 0) is 21.4 Å². The molecule has 0 atom stereocenters. The molecule has 156 valence electrons. The maximum absolute atomic E-state index is 12.6. The fourth-order valence-electron chi connectivity index (χ4n) is 4.29. The van der Waals surface area contributed by atoms with Crippen LogP contribution < -0.4 is 10.0 Å². The third-order valence-electron chi connectivity index (χ3n) is 6.03. The average Bonchev–Trinajstić information content (AvgIpc) is 2.68. The topological polar surface area (TPSA) is 78.5 Å². The largest absolute Gasteiger partial charge is 0.353 e. The highest BCUT2D eigenvalue weighted by molar-refractivity contribution is 7.88. The molecule has 0 bridgehead atoms. The molecule has 1 amide bonds. The highest BCUT2D eigenvalue weighted by Gasteiger charge is 2.29. The van der Waals surface area contributed by atoms with Gasteiger partial charge in [-0.1, -0.05) is 30.3 Å². The third kappa shape index (κ3) is 6.87. The van der Waals surface area contributed by atoms with Gasteiger partial charge in [0, 0.05) is 38.1 Å². The van der Waals surface area contributed by atoms with Crippen molar-refractivity contribution in [3.05, 3.63) is 35.9 Å². The molecule has 2 fully saturated rings. The molecule has 2 N–H and O–H groups in total. The zero-order valence-electron chi connectivity index (χ0n) is 16.8. The SMILES string of the molecule is CS(=O)(=O)NCC1CCC(C(=O)NC2CCN(Cc3ccccc3)CC2)CC1. The van der Waals surface area contributed by atoms with Crippen molar-refractivity contribution in [2.24, 2.45) is 11.8 Å². The van der Waals surface area contributed by atoms with Gasteiger partial charge in [-0.15, -0.1) is 0 Å². The number of hydrogen-bond donors (Lipinski definition) is 2. The smallest absolute Gasteiger partial charge is 0.223 e. The normalized spacial score (nSPS) is 24.8. The Morgan fingerprint density at radius 3 is 2.29 bits per heavy atom. The van der Waals surface area contributed by atoms with Crippen LogP contribution in [0.5, 0.6) is 0 Å². The Balaban J connectivity index is 1.35. The van der Waals surface area contributed by atoms with Crippen LogP contribution in [0, 0.1) is 11.8 Å². The van der Waals surface area contributed by atoms with Crippen LogP contribution in [-0.4, -0.2) is 51.2 Å². The summed E-state index contributed by atoms with van der Waals surface area (Å²) in [5.41, 5.74) is 1.34. The van der Waals surface area contributed by atoms with Crippen LogP contribution in [0.25, 0.3) is 0 Å². The van der Waals surface area contributed by atoms with Crippen molar-refractivity contribution >= 4 is 15.9 Å². The maximum atomic E-state index is 12.6. The fraction of sp³-hybridized carbons (Fsp3) is 0.667. The van der Waals surface area contributed by atoms with Gasteiger partial charge in [0.15, 0.2) is 0 Å². The Labute approximate surface area is 169 Å². The van der Waals surface area contributed by atoms with Gasteiger partial charge in [0.25, 0.3) is 0 Å². The number of rotatable bonds is 7. The molecular weight excluding hydrogens is 374 g/mol. The number of carbonyl (C=O) groups is 1. The summed E-state index contributed by atoms with van der Waals surface area (Å²) in [6.07, 6.45) is 6.74. The number of nitrogens with one attached hydrogen (secondary N) is 2. The lowest BCUT2D eigenvalue weighted by molar-refractivity contribution is -0.127. The summed E-state index contributed by atoms with van der Waals surface area (Å²) >= 11 is 0. The molecule has 3 rings (SSSR count). The van der Waals surface area contributed by atoms with E-state index in [1.165, 1.54) is 11.8 Å². The van der Waals surface area contributed by atoms with Crippen LogP contribution >= 0.6 is 0 Å². The molecule has 1 aromatic carbocycles. The van der Waals surface area contributed by atoms with Crippen LogP contribution in [0.3, 0.4) is 0 Å². The summed E-state index contributed by atoms with van der Waals surface area (Å²) in [7, 11) is -3.13. The van der Waals surface area contributed by atoms with Crippen LogP contribution in [0.4, 0.5) is 0 Å². The second-order valence-electron chi connectivity index (χ2n) is 8.38. The number of likely N-dealkylation sites (tertiary alicyclic amines) is 1. The lowest BCUT2D eigenvalue weighted by Gasteiger charge is -2.34. The van der Waals surface area contributed by atoms with E-state index in [0.29, 0.717) is 12.5 Å². The number of carbonyl (C=O) groups excluding carboxylic acids is 1. The van der Waals surface area contributed by atoms with Gasteiger partial charge in [0.05, 0.1) is 6.26 Å². The first-order chi connectivity index (χ1) is 13.4. The second kappa shape index (κ2) is 9.85. The molecule has 1 aliphatic carbocycles. The van der Waals surface area contributed by atoms with E-state index in [9.17, 15) is 13.2 Å². The molecule has 1 aromatic rings. The quantitative estimate of drug-likeness (QED) is 0.726. The Morgan fingerprint density at radius 2 is 1.68 bits per heavy atom. The Hall–Kier alpha value is -1.44. The molecule has 0 aromatic heterocycles. The number of benzene rings is 1. The van der Waals surface area contributed by atoms with Gasteiger partial charge in [-0.25, -0.2) is 13.1 Å². The van der Waals surface area contributed by atoms with E-state index in [2.05, 4.69) is 39.2 Å². The predicted molar refractivity (Wildman–Crippen MR) is 111 cm³/mol. The molecule has 2 aliphatic rings. The van der Waals surface area contributed by atoms with E-state index in [1.807, 2.05) is 6.07 Å². The Bertz CT molecular complexity index is 723. The molecule has 1 saturated carbocycles. The second-order valence-corrected chi connectivity index (χ2v) is 10.2. The number of nitrogens with zero attached hydrogens (tertiary/aromatic N) is 1. The minimum atomic E-state index is -3.13. The fourth-order valence-corrected chi connectivity index (χ4v) is 4.83. The Kier molecular flexibility index (Phi) is 7.48. The van der Waals surface area contributed by atoms with Gasteiger partial charge in [-0.05, 0) is 50.0 Å². The van der Waals surface area contributed by atoms with Crippen LogP contribution in [0.2, 0.25) is 0 Å². The van der Waals surface area contributed by atoms with E-state index in [1.54, 1.807) is 0 Å². The molecular formula is C21H33N3O3S.